The Bertz CT molecular complexity index is 625. The number of carbonyl (C=O) groups excluding carboxylic acids is 1. The summed E-state index contributed by atoms with van der Waals surface area (Å²) in [7, 11) is 0. The van der Waals surface area contributed by atoms with Crippen molar-refractivity contribution in [2.45, 2.75) is 6.18 Å². The third-order valence-electron chi connectivity index (χ3n) is 2.70. The predicted octanol–water partition coefficient (Wildman–Crippen LogP) is 5.49. The molecule has 0 aliphatic rings. The van der Waals surface area contributed by atoms with Crippen LogP contribution in [0, 0.1) is 0 Å². The predicted molar refractivity (Wildman–Crippen MR) is 72.3 cm³/mol. The van der Waals surface area contributed by atoms with Gasteiger partial charge in [0.2, 0.25) is 0 Å². The third-order valence-corrected chi connectivity index (χ3v) is 3.30. The lowest BCUT2D eigenvalue weighted by molar-refractivity contribution is -0.137. The van der Waals surface area contributed by atoms with Gasteiger partial charge in [-0.05, 0) is 29.8 Å². The first-order chi connectivity index (χ1) is 9.32. The molecule has 0 radical (unpaired) electrons. The first-order valence-electron chi connectivity index (χ1n) is 5.45. The Morgan fingerprint density at radius 3 is 1.85 bits per heavy atom. The van der Waals surface area contributed by atoms with E-state index in [2.05, 4.69) is 0 Å². The fourth-order valence-corrected chi connectivity index (χ4v) is 2.48. The van der Waals surface area contributed by atoms with E-state index in [9.17, 15) is 18.0 Å². The van der Waals surface area contributed by atoms with Crippen LogP contribution in [-0.2, 0) is 6.18 Å². The monoisotopic (exact) mass is 318 g/mol. The standard InChI is InChI=1S/C14H7Cl2F3O/c15-11-5-8(7-20)6-12(16)13(11)9-1-3-10(4-2-9)14(17,18)19/h1-7H. The summed E-state index contributed by atoms with van der Waals surface area (Å²) in [6.45, 7) is 0. The number of halogens is 5. The molecule has 2 aromatic carbocycles. The SMILES string of the molecule is O=Cc1cc(Cl)c(-c2ccc(C(F)(F)F)cc2)c(Cl)c1. The molecule has 2 rings (SSSR count). The molecule has 0 aliphatic heterocycles. The number of alkyl halides is 3. The largest absolute Gasteiger partial charge is 0.416 e. The van der Waals surface area contributed by atoms with Crippen molar-refractivity contribution in [1.82, 2.24) is 0 Å². The fourth-order valence-electron chi connectivity index (χ4n) is 1.76. The van der Waals surface area contributed by atoms with Gasteiger partial charge < -0.3 is 0 Å². The number of rotatable bonds is 2. The molecule has 0 spiro atoms. The van der Waals surface area contributed by atoms with Crippen molar-refractivity contribution < 1.29 is 18.0 Å². The summed E-state index contributed by atoms with van der Waals surface area (Å²) >= 11 is 12.0. The maximum atomic E-state index is 12.5. The molecule has 0 unspecified atom stereocenters. The number of aldehydes is 1. The van der Waals surface area contributed by atoms with Crippen LogP contribution in [0.15, 0.2) is 36.4 Å². The topological polar surface area (TPSA) is 17.1 Å². The fraction of sp³-hybridized carbons (Fsp3) is 0.0714. The molecular weight excluding hydrogens is 312 g/mol. The minimum atomic E-state index is -4.40. The molecule has 0 N–H and O–H groups in total. The van der Waals surface area contributed by atoms with E-state index in [0.29, 0.717) is 23.0 Å². The Morgan fingerprint density at radius 2 is 1.45 bits per heavy atom. The van der Waals surface area contributed by atoms with E-state index in [1.807, 2.05) is 0 Å². The van der Waals surface area contributed by atoms with Crippen LogP contribution in [0.4, 0.5) is 13.2 Å². The highest BCUT2D eigenvalue weighted by Gasteiger charge is 2.30. The van der Waals surface area contributed by atoms with E-state index >= 15 is 0 Å². The summed E-state index contributed by atoms with van der Waals surface area (Å²) in [6.07, 6.45) is -3.80. The number of hydrogen-bond donors (Lipinski definition) is 0. The Balaban J connectivity index is 2.50. The van der Waals surface area contributed by atoms with Gasteiger partial charge in [0.1, 0.15) is 6.29 Å². The summed E-state index contributed by atoms with van der Waals surface area (Å²) in [6, 6.07) is 7.30. The second kappa shape index (κ2) is 5.46. The average molecular weight is 319 g/mol. The van der Waals surface area contributed by atoms with Crippen LogP contribution < -0.4 is 0 Å². The van der Waals surface area contributed by atoms with E-state index < -0.39 is 11.7 Å². The molecule has 0 aliphatic carbocycles. The van der Waals surface area contributed by atoms with Gasteiger partial charge in [0.25, 0.3) is 0 Å². The van der Waals surface area contributed by atoms with Crippen LogP contribution >= 0.6 is 23.2 Å². The molecular formula is C14H7Cl2F3O. The number of carbonyl (C=O) groups is 1. The molecule has 104 valence electrons. The average Bonchev–Trinajstić information content (AvgIpc) is 2.37. The molecule has 0 amide bonds. The van der Waals surface area contributed by atoms with E-state index in [4.69, 9.17) is 23.2 Å². The van der Waals surface area contributed by atoms with Crippen LogP contribution in [0.3, 0.4) is 0 Å². The van der Waals surface area contributed by atoms with Crippen molar-refractivity contribution in [3.63, 3.8) is 0 Å². The smallest absolute Gasteiger partial charge is 0.298 e. The second-order valence-corrected chi connectivity index (χ2v) is 4.87. The molecule has 0 atom stereocenters. The molecule has 0 saturated carbocycles. The third kappa shape index (κ3) is 2.97. The van der Waals surface area contributed by atoms with Crippen LogP contribution in [-0.4, -0.2) is 6.29 Å². The summed E-state index contributed by atoms with van der Waals surface area (Å²) in [5.74, 6) is 0. The van der Waals surface area contributed by atoms with Gasteiger partial charge in [0.15, 0.2) is 0 Å². The van der Waals surface area contributed by atoms with E-state index in [1.165, 1.54) is 24.3 Å². The summed E-state index contributed by atoms with van der Waals surface area (Å²) in [5.41, 5.74) is 0.395. The highest BCUT2D eigenvalue weighted by molar-refractivity contribution is 6.39. The Morgan fingerprint density at radius 1 is 0.950 bits per heavy atom. The van der Waals surface area contributed by atoms with Gasteiger partial charge in [-0.3, -0.25) is 4.79 Å². The van der Waals surface area contributed by atoms with Crippen molar-refractivity contribution in [1.29, 1.82) is 0 Å². The van der Waals surface area contributed by atoms with Gasteiger partial charge in [-0.2, -0.15) is 13.2 Å². The molecule has 1 nitrogen and oxygen atoms in total. The van der Waals surface area contributed by atoms with Crippen LogP contribution in [0.25, 0.3) is 11.1 Å². The van der Waals surface area contributed by atoms with Gasteiger partial charge >= 0.3 is 6.18 Å². The summed E-state index contributed by atoms with van der Waals surface area (Å²) in [4.78, 5) is 10.7. The van der Waals surface area contributed by atoms with E-state index in [1.54, 1.807) is 0 Å². The lowest BCUT2D eigenvalue weighted by Gasteiger charge is -2.10. The summed E-state index contributed by atoms with van der Waals surface area (Å²) in [5, 5.41) is 0.415. The van der Waals surface area contributed by atoms with Crippen molar-refractivity contribution in [2.24, 2.45) is 0 Å². The maximum Gasteiger partial charge on any atom is 0.416 e. The Hall–Kier alpha value is -1.52. The van der Waals surface area contributed by atoms with Gasteiger partial charge in [0.05, 0.1) is 15.6 Å². The first kappa shape index (κ1) is 14.9. The molecule has 0 heterocycles. The van der Waals surface area contributed by atoms with Gasteiger partial charge in [-0.1, -0.05) is 35.3 Å². The molecule has 0 fully saturated rings. The zero-order valence-corrected chi connectivity index (χ0v) is 11.4. The molecule has 2 aromatic rings. The summed E-state index contributed by atoms with van der Waals surface area (Å²) < 4.78 is 37.5. The minimum Gasteiger partial charge on any atom is -0.298 e. The zero-order chi connectivity index (χ0) is 14.9. The highest BCUT2D eigenvalue weighted by atomic mass is 35.5. The molecule has 0 bridgehead atoms. The number of hydrogen-bond acceptors (Lipinski definition) is 1. The van der Waals surface area contributed by atoms with Crippen molar-refractivity contribution >= 4 is 29.5 Å². The van der Waals surface area contributed by atoms with Crippen LogP contribution in [0.1, 0.15) is 15.9 Å². The van der Waals surface area contributed by atoms with E-state index in [-0.39, 0.29) is 10.0 Å². The first-order valence-corrected chi connectivity index (χ1v) is 6.20. The quantitative estimate of drug-likeness (QED) is 0.669. The maximum absolute atomic E-state index is 12.5. The van der Waals surface area contributed by atoms with E-state index in [0.717, 1.165) is 12.1 Å². The van der Waals surface area contributed by atoms with Crippen molar-refractivity contribution in [3.8, 4) is 11.1 Å². The normalized spacial score (nSPS) is 11.4. The highest BCUT2D eigenvalue weighted by Crippen LogP contribution is 2.37. The second-order valence-electron chi connectivity index (χ2n) is 4.05. The lowest BCUT2D eigenvalue weighted by Crippen LogP contribution is -2.04. The van der Waals surface area contributed by atoms with Gasteiger partial charge in [-0.25, -0.2) is 0 Å². The molecule has 20 heavy (non-hydrogen) atoms. The van der Waals surface area contributed by atoms with Crippen molar-refractivity contribution in [3.05, 3.63) is 57.6 Å². The van der Waals surface area contributed by atoms with Crippen LogP contribution in [0.2, 0.25) is 10.0 Å². The minimum absolute atomic E-state index is 0.208. The van der Waals surface area contributed by atoms with Gasteiger partial charge in [0, 0.05) is 11.1 Å². The zero-order valence-electron chi connectivity index (χ0n) is 9.84. The van der Waals surface area contributed by atoms with Gasteiger partial charge in [-0.15, -0.1) is 0 Å². The van der Waals surface area contributed by atoms with Crippen molar-refractivity contribution in [2.75, 3.05) is 0 Å². The lowest BCUT2D eigenvalue weighted by atomic mass is 10.0. The molecule has 0 saturated heterocycles. The molecule has 0 aromatic heterocycles. The van der Waals surface area contributed by atoms with Crippen LogP contribution in [0.5, 0.6) is 0 Å². The Kier molecular flexibility index (Phi) is 4.06. The molecule has 6 heteroatoms. The number of benzene rings is 2. The Labute approximate surface area is 122 Å².